The monoisotopic (exact) mass is 183 g/mol. The number of carbonyl (C=O) groups is 2. The molecule has 0 aromatic rings. The quantitative estimate of drug-likeness (QED) is 0.653. The molecule has 0 aliphatic carbocycles. The molecule has 1 rings (SSSR count). The first kappa shape index (κ1) is 9.77. The number of rotatable bonds is 3. The minimum atomic E-state index is -0.907. The van der Waals surface area contributed by atoms with Crippen LogP contribution in [0.4, 0.5) is 0 Å². The lowest BCUT2D eigenvalue weighted by Gasteiger charge is -2.20. The van der Waals surface area contributed by atoms with Gasteiger partial charge in [0.25, 0.3) is 0 Å². The van der Waals surface area contributed by atoms with Crippen LogP contribution in [0.15, 0.2) is 12.7 Å². The van der Waals surface area contributed by atoms with Crippen LogP contribution in [0.5, 0.6) is 0 Å². The van der Waals surface area contributed by atoms with Gasteiger partial charge in [0.2, 0.25) is 5.91 Å². The molecule has 4 heteroatoms. The van der Waals surface area contributed by atoms with Crippen molar-refractivity contribution in [3.05, 3.63) is 12.7 Å². The van der Waals surface area contributed by atoms with E-state index in [1.165, 1.54) is 11.0 Å². The third-order valence-corrected chi connectivity index (χ3v) is 2.18. The topological polar surface area (TPSA) is 57.6 Å². The van der Waals surface area contributed by atoms with E-state index >= 15 is 0 Å². The van der Waals surface area contributed by atoms with Crippen molar-refractivity contribution in [1.29, 1.82) is 0 Å². The molecule has 1 saturated heterocycles. The Morgan fingerprint density at radius 2 is 2.31 bits per heavy atom. The van der Waals surface area contributed by atoms with Crippen LogP contribution < -0.4 is 0 Å². The van der Waals surface area contributed by atoms with Gasteiger partial charge in [0.1, 0.15) is 6.04 Å². The first-order valence-electron chi connectivity index (χ1n) is 4.30. The number of amides is 1. The summed E-state index contributed by atoms with van der Waals surface area (Å²) in [4.78, 5) is 23.5. The molecule has 13 heavy (non-hydrogen) atoms. The highest BCUT2D eigenvalue weighted by Crippen LogP contribution is 2.18. The number of carboxylic acids is 1. The van der Waals surface area contributed by atoms with Crippen LogP contribution in [-0.4, -0.2) is 34.5 Å². The van der Waals surface area contributed by atoms with Gasteiger partial charge in [-0.05, 0) is 12.8 Å². The maximum absolute atomic E-state index is 11.4. The first-order chi connectivity index (χ1) is 6.16. The minimum Gasteiger partial charge on any atom is -0.480 e. The predicted octanol–water partition coefficient (Wildman–Crippen LogP) is 0.638. The Bertz CT molecular complexity index is 237. The molecular weight excluding hydrogens is 170 g/mol. The highest BCUT2D eigenvalue weighted by Gasteiger charge is 2.32. The van der Waals surface area contributed by atoms with Crippen molar-refractivity contribution in [2.24, 2.45) is 0 Å². The summed E-state index contributed by atoms with van der Waals surface area (Å²) < 4.78 is 0. The van der Waals surface area contributed by atoms with Crippen molar-refractivity contribution in [2.45, 2.75) is 25.3 Å². The van der Waals surface area contributed by atoms with Gasteiger partial charge in [0, 0.05) is 13.0 Å². The normalized spacial score (nSPS) is 21.5. The van der Waals surface area contributed by atoms with Crippen LogP contribution in [0.2, 0.25) is 0 Å². The van der Waals surface area contributed by atoms with Crippen molar-refractivity contribution >= 4 is 11.9 Å². The second kappa shape index (κ2) is 4.07. The average molecular weight is 183 g/mol. The molecule has 0 unspecified atom stereocenters. The summed E-state index contributed by atoms with van der Waals surface area (Å²) >= 11 is 0. The van der Waals surface area contributed by atoms with Crippen molar-refractivity contribution < 1.29 is 14.7 Å². The van der Waals surface area contributed by atoms with Crippen LogP contribution in [0, 0.1) is 0 Å². The second-order valence-electron chi connectivity index (χ2n) is 3.08. The summed E-state index contributed by atoms with van der Waals surface area (Å²) in [7, 11) is 0. The molecule has 1 fully saturated rings. The van der Waals surface area contributed by atoms with Gasteiger partial charge in [-0.25, -0.2) is 4.79 Å². The number of carbonyl (C=O) groups excluding carboxylic acids is 1. The molecule has 1 aliphatic rings. The summed E-state index contributed by atoms with van der Waals surface area (Å²) in [5.74, 6) is -1.05. The smallest absolute Gasteiger partial charge is 0.326 e. The minimum absolute atomic E-state index is 0.139. The summed E-state index contributed by atoms with van der Waals surface area (Å²) in [6.07, 6.45) is 3.07. The molecule has 0 bridgehead atoms. The van der Waals surface area contributed by atoms with Crippen molar-refractivity contribution in [3.63, 3.8) is 0 Å². The Kier molecular flexibility index (Phi) is 3.06. The molecule has 1 atom stereocenters. The van der Waals surface area contributed by atoms with Gasteiger partial charge in [-0.15, -0.1) is 6.58 Å². The summed E-state index contributed by atoms with van der Waals surface area (Å²) in [6, 6.07) is -0.618. The Morgan fingerprint density at radius 3 is 2.85 bits per heavy atom. The Labute approximate surface area is 76.8 Å². The number of nitrogens with zero attached hydrogens (tertiary/aromatic N) is 1. The van der Waals surface area contributed by atoms with Crippen molar-refractivity contribution in [2.75, 3.05) is 6.54 Å². The van der Waals surface area contributed by atoms with Crippen LogP contribution in [0.1, 0.15) is 19.3 Å². The van der Waals surface area contributed by atoms with Crippen molar-refractivity contribution in [1.82, 2.24) is 4.90 Å². The van der Waals surface area contributed by atoms with E-state index in [2.05, 4.69) is 6.58 Å². The van der Waals surface area contributed by atoms with Gasteiger partial charge < -0.3 is 10.0 Å². The Morgan fingerprint density at radius 1 is 1.62 bits per heavy atom. The van der Waals surface area contributed by atoms with E-state index in [-0.39, 0.29) is 12.3 Å². The van der Waals surface area contributed by atoms with Gasteiger partial charge >= 0.3 is 5.97 Å². The molecule has 4 nitrogen and oxygen atoms in total. The zero-order valence-corrected chi connectivity index (χ0v) is 7.40. The van der Waals surface area contributed by atoms with Crippen molar-refractivity contribution in [3.8, 4) is 0 Å². The largest absolute Gasteiger partial charge is 0.480 e. The molecular formula is C9H13NO3. The highest BCUT2D eigenvalue weighted by atomic mass is 16.4. The van der Waals surface area contributed by atoms with Gasteiger partial charge in [0.05, 0.1) is 0 Å². The first-order valence-corrected chi connectivity index (χ1v) is 4.30. The van der Waals surface area contributed by atoms with Gasteiger partial charge in [-0.3, -0.25) is 4.79 Å². The Hall–Kier alpha value is -1.32. The van der Waals surface area contributed by atoms with Gasteiger partial charge in [-0.1, -0.05) is 6.08 Å². The van der Waals surface area contributed by atoms with Crippen LogP contribution in [0.3, 0.4) is 0 Å². The maximum Gasteiger partial charge on any atom is 0.326 e. The van der Waals surface area contributed by atoms with E-state index in [0.717, 1.165) is 6.42 Å². The van der Waals surface area contributed by atoms with Gasteiger partial charge in [-0.2, -0.15) is 0 Å². The average Bonchev–Trinajstić information content (AvgIpc) is 2.52. The van der Waals surface area contributed by atoms with Crippen LogP contribution >= 0.6 is 0 Å². The Balaban J connectivity index is 2.62. The SMILES string of the molecule is C=CCC(=O)N1CCC[C@H]1C(=O)O. The molecule has 0 saturated carbocycles. The number of aliphatic carboxylic acids is 1. The third kappa shape index (κ3) is 2.08. The molecule has 1 amide bonds. The fraction of sp³-hybridized carbons (Fsp3) is 0.556. The van der Waals surface area contributed by atoms with E-state index in [1.54, 1.807) is 0 Å². The van der Waals surface area contributed by atoms with Crippen LogP contribution in [-0.2, 0) is 9.59 Å². The molecule has 0 aromatic heterocycles. The number of likely N-dealkylation sites (tertiary alicyclic amines) is 1. The molecule has 0 spiro atoms. The molecule has 0 aromatic carbocycles. The third-order valence-electron chi connectivity index (χ3n) is 2.18. The van der Waals surface area contributed by atoms with Gasteiger partial charge in [0.15, 0.2) is 0 Å². The zero-order chi connectivity index (χ0) is 9.84. The predicted molar refractivity (Wildman–Crippen MR) is 47.2 cm³/mol. The fourth-order valence-electron chi connectivity index (χ4n) is 1.56. The fourth-order valence-corrected chi connectivity index (χ4v) is 1.56. The molecule has 1 heterocycles. The highest BCUT2D eigenvalue weighted by molar-refractivity contribution is 5.84. The summed E-state index contributed by atoms with van der Waals surface area (Å²) in [6.45, 7) is 4.01. The standard InChI is InChI=1S/C9H13NO3/c1-2-4-8(11)10-6-3-5-7(10)9(12)13/h2,7H,1,3-6H2,(H,12,13)/t7-/m0/s1. The zero-order valence-electron chi connectivity index (χ0n) is 7.40. The summed E-state index contributed by atoms with van der Waals surface area (Å²) in [5.41, 5.74) is 0. The van der Waals surface area contributed by atoms with E-state index < -0.39 is 12.0 Å². The maximum atomic E-state index is 11.4. The molecule has 72 valence electrons. The lowest BCUT2D eigenvalue weighted by molar-refractivity contribution is -0.147. The second-order valence-corrected chi connectivity index (χ2v) is 3.08. The van der Waals surface area contributed by atoms with E-state index in [0.29, 0.717) is 13.0 Å². The lowest BCUT2D eigenvalue weighted by Crippen LogP contribution is -2.40. The van der Waals surface area contributed by atoms with E-state index in [4.69, 9.17) is 5.11 Å². The number of hydrogen-bond acceptors (Lipinski definition) is 2. The van der Waals surface area contributed by atoms with E-state index in [1.807, 2.05) is 0 Å². The summed E-state index contributed by atoms with van der Waals surface area (Å²) in [5, 5.41) is 8.78. The number of carboxylic acid groups (broad SMARTS) is 1. The molecule has 1 aliphatic heterocycles. The van der Waals surface area contributed by atoms with Crippen LogP contribution in [0.25, 0.3) is 0 Å². The lowest BCUT2D eigenvalue weighted by atomic mass is 10.2. The van der Waals surface area contributed by atoms with E-state index in [9.17, 15) is 9.59 Å². The molecule has 1 N–H and O–H groups in total. The molecule has 0 radical (unpaired) electrons. The number of hydrogen-bond donors (Lipinski definition) is 1.